The molecular weight excluding hydrogens is 214 g/mol. The van der Waals surface area contributed by atoms with E-state index in [9.17, 15) is 13.2 Å². The van der Waals surface area contributed by atoms with Gasteiger partial charge in [0.05, 0.1) is 5.75 Å². The number of benzene rings is 1. The molecule has 0 spiro atoms. The lowest BCUT2D eigenvalue weighted by Gasteiger charge is -2.02. The van der Waals surface area contributed by atoms with Crippen molar-refractivity contribution < 1.29 is 13.2 Å². The summed E-state index contributed by atoms with van der Waals surface area (Å²) < 4.78 is 20.9. The van der Waals surface area contributed by atoms with Crippen LogP contribution in [0, 0.1) is 6.92 Å². The molecule has 0 aromatic heterocycles. The van der Waals surface area contributed by atoms with Crippen molar-refractivity contribution in [2.24, 2.45) is 0 Å². The number of hydrogen-bond donors (Lipinski definition) is 2. The Hall–Kier alpha value is -1.36. The molecule has 0 saturated carbocycles. The van der Waals surface area contributed by atoms with E-state index in [-0.39, 0.29) is 11.7 Å². The van der Waals surface area contributed by atoms with E-state index in [4.69, 9.17) is 0 Å². The Morgan fingerprint density at radius 3 is 2.20 bits per heavy atom. The molecular formula is C10H12NO3S. The Bertz CT molecular complexity index is 401. The number of hydrogen-bond acceptors (Lipinski definition) is 3. The van der Waals surface area contributed by atoms with E-state index in [1.165, 1.54) is 0 Å². The predicted octanol–water partition coefficient (Wildman–Crippen LogP) is 0.248. The summed E-state index contributed by atoms with van der Waals surface area (Å²) in [6, 6.07) is 7.03. The summed E-state index contributed by atoms with van der Waals surface area (Å²) >= 11 is 0. The lowest BCUT2D eigenvalue weighted by molar-refractivity contribution is -0.116. The average Bonchev–Trinajstić information content (AvgIpc) is 2.16. The zero-order chi connectivity index (χ0) is 11.3. The first-order valence-electron chi connectivity index (χ1n) is 4.37. The average molecular weight is 226 g/mol. The van der Waals surface area contributed by atoms with E-state index >= 15 is 0 Å². The number of rotatable bonds is 4. The number of carbonyl (C=O) groups is 1. The molecule has 4 nitrogen and oxygen atoms in total. The zero-order valence-electron chi connectivity index (χ0n) is 8.10. The van der Waals surface area contributed by atoms with Crippen molar-refractivity contribution in [1.82, 2.24) is 5.32 Å². The van der Waals surface area contributed by atoms with E-state index in [2.05, 4.69) is 12.2 Å². The van der Waals surface area contributed by atoms with Crippen LogP contribution in [0.15, 0.2) is 24.3 Å². The Morgan fingerprint density at radius 2 is 1.73 bits per heavy atom. The van der Waals surface area contributed by atoms with Crippen molar-refractivity contribution in [3.8, 4) is 0 Å². The minimum absolute atomic E-state index is 0.0529. The fourth-order valence-electron chi connectivity index (χ4n) is 1.11. The number of nitrogens with one attached hydrogen (secondary N) is 1. The lowest BCUT2D eigenvalue weighted by atomic mass is 10.1. The smallest absolute Gasteiger partial charge is 0.220 e. The van der Waals surface area contributed by atoms with Crippen molar-refractivity contribution in [2.45, 2.75) is 12.3 Å². The van der Waals surface area contributed by atoms with Gasteiger partial charge in [0.25, 0.3) is 0 Å². The van der Waals surface area contributed by atoms with Crippen LogP contribution in [0.5, 0.6) is 0 Å². The number of thiol groups is 1. The normalized spacial score (nSPS) is 10.3. The van der Waals surface area contributed by atoms with E-state index in [1.807, 2.05) is 0 Å². The van der Waals surface area contributed by atoms with Gasteiger partial charge in [0.2, 0.25) is 5.91 Å². The maximum atomic E-state index is 10.5. The largest absolute Gasteiger partial charge is 0.352 e. The van der Waals surface area contributed by atoms with Gasteiger partial charge in [0.1, 0.15) is 10.7 Å². The van der Waals surface area contributed by atoms with Crippen LogP contribution in [0.4, 0.5) is 0 Å². The third kappa shape index (κ3) is 4.60. The number of carbonyl (C=O) groups excluding carboxylic acids is 1. The van der Waals surface area contributed by atoms with Crippen LogP contribution in [-0.2, 0) is 27.8 Å². The molecule has 1 N–H and O–H groups in total. The Morgan fingerprint density at radius 1 is 1.20 bits per heavy atom. The molecule has 0 aliphatic carbocycles. The molecule has 0 atom stereocenters. The van der Waals surface area contributed by atoms with Gasteiger partial charge < -0.3 is 5.32 Å². The van der Waals surface area contributed by atoms with Gasteiger partial charge in [0, 0.05) is 13.5 Å². The monoisotopic (exact) mass is 226 g/mol. The van der Waals surface area contributed by atoms with Gasteiger partial charge in [-0.15, -0.1) is 0 Å². The first-order valence-corrected chi connectivity index (χ1v) is 5.73. The van der Waals surface area contributed by atoms with Crippen LogP contribution in [0.25, 0.3) is 0 Å². The Kier molecular flexibility index (Phi) is 4.30. The SMILES string of the molecule is [CH2]C(=O)NCc1ccc(C[SH](=O)=O)cc1. The lowest BCUT2D eigenvalue weighted by Crippen LogP contribution is -2.19. The van der Waals surface area contributed by atoms with Crippen molar-refractivity contribution >= 4 is 16.6 Å². The molecule has 1 rings (SSSR count). The predicted molar refractivity (Wildman–Crippen MR) is 57.7 cm³/mol. The molecule has 0 unspecified atom stereocenters. The van der Waals surface area contributed by atoms with Gasteiger partial charge in [-0.25, -0.2) is 8.42 Å². The van der Waals surface area contributed by atoms with Gasteiger partial charge in [-0.3, -0.25) is 4.79 Å². The standard InChI is InChI=1S/C10H12NO3S/c1-8(12)11-6-9-2-4-10(5-3-9)7-15(13)14/h2-5,15H,1,6-7H2,(H,11,12). The van der Waals surface area contributed by atoms with E-state index < -0.39 is 10.7 Å². The van der Waals surface area contributed by atoms with E-state index in [0.717, 1.165) is 11.1 Å². The quantitative estimate of drug-likeness (QED) is 0.723. The second-order valence-corrected chi connectivity index (χ2v) is 4.07. The molecule has 5 heteroatoms. The fraction of sp³-hybridized carbons (Fsp3) is 0.200. The molecule has 1 radical (unpaired) electrons. The summed E-state index contributed by atoms with van der Waals surface area (Å²) in [4.78, 5) is 10.5. The second kappa shape index (κ2) is 5.50. The molecule has 0 saturated heterocycles. The van der Waals surface area contributed by atoms with Crippen molar-refractivity contribution in [2.75, 3.05) is 0 Å². The Balaban J connectivity index is 2.59. The van der Waals surface area contributed by atoms with Crippen LogP contribution in [0.1, 0.15) is 11.1 Å². The van der Waals surface area contributed by atoms with Crippen LogP contribution < -0.4 is 5.32 Å². The fourth-order valence-corrected chi connectivity index (χ4v) is 1.62. The van der Waals surface area contributed by atoms with Crippen LogP contribution in [0.2, 0.25) is 0 Å². The highest BCUT2D eigenvalue weighted by molar-refractivity contribution is 7.71. The first kappa shape index (κ1) is 11.7. The first-order chi connectivity index (χ1) is 7.08. The molecule has 1 aromatic carbocycles. The topological polar surface area (TPSA) is 63.2 Å². The molecule has 0 aliphatic rings. The molecule has 0 heterocycles. The molecule has 15 heavy (non-hydrogen) atoms. The highest BCUT2D eigenvalue weighted by Gasteiger charge is 1.97. The minimum Gasteiger partial charge on any atom is -0.352 e. The second-order valence-electron chi connectivity index (χ2n) is 3.08. The van der Waals surface area contributed by atoms with Crippen LogP contribution >= 0.6 is 0 Å². The van der Waals surface area contributed by atoms with Crippen molar-refractivity contribution in [1.29, 1.82) is 0 Å². The van der Waals surface area contributed by atoms with Crippen molar-refractivity contribution in [3.05, 3.63) is 42.3 Å². The van der Waals surface area contributed by atoms with Gasteiger partial charge in [-0.05, 0) is 11.1 Å². The van der Waals surface area contributed by atoms with Crippen molar-refractivity contribution in [3.63, 3.8) is 0 Å². The molecule has 81 valence electrons. The van der Waals surface area contributed by atoms with Crippen LogP contribution in [0.3, 0.4) is 0 Å². The van der Waals surface area contributed by atoms with Gasteiger partial charge >= 0.3 is 0 Å². The molecule has 1 aromatic rings. The summed E-state index contributed by atoms with van der Waals surface area (Å²) in [5.41, 5.74) is 1.66. The summed E-state index contributed by atoms with van der Waals surface area (Å²) in [7, 11) is -2.38. The van der Waals surface area contributed by atoms with Gasteiger partial charge in [-0.1, -0.05) is 24.3 Å². The molecule has 1 amide bonds. The maximum Gasteiger partial charge on any atom is 0.220 e. The van der Waals surface area contributed by atoms with Crippen LogP contribution in [-0.4, -0.2) is 14.3 Å². The van der Waals surface area contributed by atoms with E-state index in [0.29, 0.717) is 6.54 Å². The number of amides is 1. The Labute approximate surface area is 90.3 Å². The highest BCUT2D eigenvalue weighted by atomic mass is 32.2. The van der Waals surface area contributed by atoms with E-state index in [1.54, 1.807) is 24.3 Å². The highest BCUT2D eigenvalue weighted by Crippen LogP contribution is 2.05. The molecule has 0 bridgehead atoms. The third-order valence-electron chi connectivity index (χ3n) is 1.82. The third-order valence-corrected chi connectivity index (χ3v) is 2.45. The maximum absolute atomic E-state index is 10.5. The summed E-state index contributed by atoms with van der Waals surface area (Å²) in [5, 5.41) is 2.55. The summed E-state index contributed by atoms with van der Waals surface area (Å²) in [6.07, 6.45) is 0. The van der Waals surface area contributed by atoms with Gasteiger partial charge in [0.15, 0.2) is 0 Å². The minimum atomic E-state index is -2.38. The molecule has 0 fully saturated rings. The van der Waals surface area contributed by atoms with Gasteiger partial charge in [-0.2, -0.15) is 0 Å². The molecule has 0 aliphatic heterocycles. The zero-order valence-corrected chi connectivity index (χ0v) is 9.00. The summed E-state index contributed by atoms with van der Waals surface area (Å²) in [6.45, 7) is 3.59. The summed E-state index contributed by atoms with van der Waals surface area (Å²) in [5.74, 6) is -0.279.